The SMILES string of the molecule is NC(=O)NCCNC(=O)c1cccc(F)c1Br. The quantitative estimate of drug-likeness (QED) is 0.725. The lowest BCUT2D eigenvalue weighted by Crippen LogP contribution is -2.37. The smallest absolute Gasteiger partial charge is 0.312 e. The zero-order chi connectivity index (χ0) is 12.8. The van der Waals surface area contributed by atoms with Gasteiger partial charge in [-0.1, -0.05) is 6.07 Å². The normalized spacial score (nSPS) is 9.76. The zero-order valence-corrected chi connectivity index (χ0v) is 10.4. The summed E-state index contributed by atoms with van der Waals surface area (Å²) >= 11 is 2.99. The van der Waals surface area contributed by atoms with Gasteiger partial charge in [-0.05, 0) is 28.1 Å². The van der Waals surface area contributed by atoms with Crippen LogP contribution >= 0.6 is 15.9 Å². The molecule has 0 aliphatic carbocycles. The number of amides is 3. The van der Waals surface area contributed by atoms with E-state index in [0.717, 1.165) is 0 Å². The van der Waals surface area contributed by atoms with Gasteiger partial charge in [-0.25, -0.2) is 9.18 Å². The van der Waals surface area contributed by atoms with E-state index in [1.165, 1.54) is 18.2 Å². The van der Waals surface area contributed by atoms with E-state index in [1.807, 2.05) is 0 Å². The molecule has 0 radical (unpaired) electrons. The number of carbonyl (C=O) groups excluding carboxylic acids is 2. The Morgan fingerprint density at radius 1 is 1.29 bits per heavy atom. The lowest BCUT2D eigenvalue weighted by molar-refractivity contribution is 0.0952. The van der Waals surface area contributed by atoms with Gasteiger partial charge in [-0.15, -0.1) is 0 Å². The van der Waals surface area contributed by atoms with Gasteiger partial charge in [0.25, 0.3) is 5.91 Å². The maximum Gasteiger partial charge on any atom is 0.312 e. The van der Waals surface area contributed by atoms with Crippen molar-refractivity contribution < 1.29 is 14.0 Å². The van der Waals surface area contributed by atoms with Crippen molar-refractivity contribution in [1.29, 1.82) is 0 Å². The van der Waals surface area contributed by atoms with Gasteiger partial charge in [0.2, 0.25) is 0 Å². The molecule has 0 unspecified atom stereocenters. The summed E-state index contributed by atoms with van der Waals surface area (Å²) in [6.45, 7) is 0.429. The van der Waals surface area contributed by atoms with Crippen molar-refractivity contribution in [1.82, 2.24) is 10.6 Å². The Balaban J connectivity index is 2.53. The van der Waals surface area contributed by atoms with Crippen LogP contribution in [0, 0.1) is 5.82 Å². The zero-order valence-electron chi connectivity index (χ0n) is 8.80. The van der Waals surface area contributed by atoms with E-state index >= 15 is 0 Å². The maximum absolute atomic E-state index is 13.1. The van der Waals surface area contributed by atoms with Gasteiger partial charge in [0.1, 0.15) is 5.82 Å². The third-order valence-electron chi connectivity index (χ3n) is 1.91. The van der Waals surface area contributed by atoms with E-state index in [-0.39, 0.29) is 23.1 Å². The fraction of sp³-hybridized carbons (Fsp3) is 0.200. The van der Waals surface area contributed by atoms with Gasteiger partial charge in [-0.3, -0.25) is 4.79 Å². The average molecular weight is 304 g/mol. The lowest BCUT2D eigenvalue weighted by atomic mass is 10.2. The van der Waals surface area contributed by atoms with Crippen molar-refractivity contribution in [3.8, 4) is 0 Å². The molecule has 0 aliphatic rings. The van der Waals surface area contributed by atoms with Crippen LogP contribution in [0.1, 0.15) is 10.4 Å². The summed E-state index contributed by atoms with van der Waals surface area (Å²) in [6, 6.07) is 3.52. The van der Waals surface area contributed by atoms with Gasteiger partial charge in [0.15, 0.2) is 0 Å². The van der Waals surface area contributed by atoms with Crippen LogP contribution in [0.5, 0.6) is 0 Å². The highest BCUT2D eigenvalue weighted by Gasteiger charge is 2.12. The molecule has 0 aliphatic heterocycles. The van der Waals surface area contributed by atoms with Crippen molar-refractivity contribution in [3.63, 3.8) is 0 Å². The first kappa shape index (κ1) is 13.4. The van der Waals surface area contributed by atoms with E-state index in [1.54, 1.807) is 0 Å². The van der Waals surface area contributed by atoms with Crippen molar-refractivity contribution in [2.24, 2.45) is 5.73 Å². The minimum absolute atomic E-state index is 0.111. The Kier molecular flexibility index (Phi) is 4.89. The highest BCUT2D eigenvalue weighted by Crippen LogP contribution is 2.19. The van der Waals surface area contributed by atoms with Crippen molar-refractivity contribution >= 4 is 27.9 Å². The summed E-state index contributed by atoms with van der Waals surface area (Å²) in [5, 5.41) is 4.83. The number of nitrogens with two attached hydrogens (primary N) is 1. The van der Waals surface area contributed by atoms with Crippen LogP contribution in [0.3, 0.4) is 0 Å². The second-order valence-corrected chi connectivity index (χ2v) is 3.94. The highest BCUT2D eigenvalue weighted by atomic mass is 79.9. The summed E-state index contributed by atoms with van der Waals surface area (Å²) in [5.74, 6) is -0.935. The molecule has 1 aromatic carbocycles. The van der Waals surface area contributed by atoms with E-state index in [0.29, 0.717) is 0 Å². The highest BCUT2D eigenvalue weighted by molar-refractivity contribution is 9.10. The van der Waals surface area contributed by atoms with E-state index in [9.17, 15) is 14.0 Å². The van der Waals surface area contributed by atoms with Gasteiger partial charge >= 0.3 is 6.03 Å². The number of hydrogen-bond donors (Lipinski definition) is 3. The summed E-state index contributed by atoms with van der Waals surface area (Å²) < 4.78 is 13.2. The molecule has 4 N–H and O–H groups in total. The Bertz CT molecular complexity index is 440. The first-order valence-electron chi connectivity index (χ1n) is 4.78. The van der Waals surface area contributed by atoms with Crippen LogP contribution in [0.4, 0.5) is 9.18 Å². The molecule has 92 valence electrons. The van der Waals surface area contributed by atoms with Crippen LogP contribution in [-0.2, 0) is 0 Å². The topological polar surface area (TPSA) is 84.2 Å². The fourth-order valence-electron chi connectivity index (χ4n) is 1.14. The maximum atomic E-state index is 13.1. The molecular formula is C10H11BrFN3O2. The molecule has 17 heavy (non-hydrogen) atoms. The summed E-state index contributed by atoms with van der Waals surface area (Å²) in [5.41, 5.74) is 5.04. The van der Waals surface area contributed by atoms with E-state index in [4.69, 9.17) is 5.73 Å². The van der Waals surface area contributed by atoms with Crippen LogP contribution in [-0.4, -0.2) is 25.0 Å². The molecule has 0 heterocycles. The van der Waals surface area contributed by atoms with Crippen molar-refractivity contribution in [3.05, 3.63) is 34.1 Å². The van der Waals surface area contributed by atoms with Crippen LogP contribution in [0.15, 0.2) is 22.7 Å². The molecule has 1 rings (SSSR count). The monoisotopic (exact) mass is 303 g/mol. The molecule has 0 saturated carbocycles. The van der Waals surface area contributed by atoms with Gasteiger partial charge < -0.3 is 16.4 Å². The van der Waals surface area contributed by atoms with Crippen molar-refractivity contribution in [2.75, 3.05) is 13.1 Å². The molecule has 0 aromatic heterocycles. The standard InChI is InChI=1S/C10H11BrFN3O2/c11-8-6(2-1-3-7(8)12)9(16)14-4-5-15-10(13)17/h1-3H,4-5H2,(H,14,16)(H3,13,15,17). The number of carbonyl (C=O) groups is 2. The molecule has 0 bridgehead atoms. The van der Waals surface area contributed by atoms with Crippen LogP contribution in [0.25, 0.3) is 0 Å². The van der Waals surface area contributed by atoms with E-state index in [2.05, 4.69) is 26.6 Å². The second-order valence-electron chi connectivity index (χ2n) is 3.15. The number of halogens is 2. The summed E-state index contributed by atoms with van der Waals surface area (Å²) in [4.78, 5) is 22.0. The van der Waals surface area contributed by atoms with Gasteiger partial charge in [0, 0.05) is 13.1 Å². The third-order valence-corrected chi connectivity index (χ3v) is 2.71. The van der Waals surface area contributed by atoms with Crippen molar-refractivity contribution in [2.45, 2.75) is 0 Å². The van der Waals surface area contributed by atoms with Crippen LogP contribution in [0.2, 0.25) is 0 Å². The molecule has 3 amide bonds. The number of hydrogen-bond acceptors (Lipinski definition) is 2. The fourth-order valence-corrected chi connectivity index (χ4v) is 1.58. The Morgan fingerprint density at radius 2 is 1.94 bits per heavy atom. The number of urea groups is 1. The number of rotatable bonds is 4. The van der Waals surface area contributed by atoms with Crippen LogP contribution < -0.4 is 16.4 Å². The third kappa shape index (κ3) is 4.03. The summed E-state index contributed by atoms with van der Waals surface area (Å²) in [6.07, 6.45) is 0. The minimum Gasteiger partial charge on any atom is -0.352 e. The minimum atomic E-state index is -0.661. The lowest BCUT2D eigenvalue weighted by Gasteiger charge is -2.07. The molecule has 1 aromatic rings. The molecular weight excluding hydrogens is 293 g/mol. The Hall–Kier alpha value is -1.63. The predicted octanol–water partition coefficient (Wildman–Crippen LogP) is 0.986. The predicted molar refractivity (Wildman–Crippen MR) is 64.0 cm³/mol. The Labute approximate surface area is 106 Å². The molecule has 0 atom stereocenters. The molecule has 0 saturated heterocycles. The molecule has 7 heteroatoms. The molecule has 5 nitrogen and oxygen atoms in total. The summed E-state index contributed by atoms with van der Waals surface area (Å²) in [7, 11) is 0. The second kappa shape index (κ2) is 6.19. The average Bonchev–Trinajstić information content (AvgIpc) is 2.27. The van der Waals surface area contributed by atoms with Gasteiger partial charge in [-0.2, -0.15) is 0 Å². The number of nitrogens with one attached hydrogen (secondary N) is 2. The molecule has 0 spiro atoms. The first-order valence-corrected chi connectivity index (χ1v) is 5.57. The number of primary amides is 1. The van der Waals surface area contributed by atoms with E-state index < -0.39 is 17.8 Å². The molecule has 0 fully saturated rings. The number of benzene rings is 1. The largest absolute Gasteiger partial charge is 0.352 e. The first-order chi connectivity index (χ1) is 8.02. The Morgan fingerprint density at radius 3 is 2.59 bits per heavy atom. The van der Waals surface area contributed by atoms with Gasteiger partial charge in [0.05, 0.1) is 10.0 Å².